The Labute approximate surface area is 91.9 Å². The van der Waals surface area contributed by atoms with Gasteiger partial charge >= 0.3 is 5.97 Å². The van der Waals surface area contributed by atoms with Crippen molar-refractivity contribution >= 4 is 17.6 Å². The van der Waals surface area contributed by atoms with Crippen LogP contribution in [0.25, 0.3) is 0 Å². The van der Waals surface area contributed by atoms with Crippen LogP contribution in [0, 0.1) is 5.82 Å². The van der Waals surface area contributed by atoms with Crippen molar-refractivity contribution in [2.75, 3.05) is 0 Å². The van der Waals surface area contributed by atoms with Gasteiger partial charge in [0.2, 0.25) is 0 Å². The van der Waals surface area contributed by atoms with Crippen LogP contribution in [-0.2, 0) is 11.3 Å². The zero-order valence-electron chi connectivity index (χ0n) is 8.13. The van der Waals surface area contributed by atoms with Gasteiger partial charge in [-0.3, -0.25) is 4.79 Å². The second-order valence-corrected chi connectivity index (χ2v) is 3.56. The number of carboxylic acid groups (broad SMARTS) is 1. The zero-order valence-corrected chi connectivity index (χ0v) is 8.88. The molecule has 1 atom stereocenters. The maximum absolute atomic E-state index is 13.3. The number of halogens is 2. The summed E-state index contributed by atoms with van der Waals surface area (Å²) in [4.78, 5) is 10.5. The van der Waals surface area contributed by atoms with Gasteiger partial charge in [-0.1, -0.05) is 23.7 Å². The lowest BCUT2D eigenvalue weighted by Crippen LogP contribution is -2.33. The van der Waals surface area contributed by atoms with Gasteiger partial charge in [0.15, 0.2) is 0 Å². The van der Waals surface area contributed by atoms with Gasteiger partial charge in [-0.05, 0) is 13.0 Å². The summed E-state index contributed by atoms with van der Waals surface area (Å²) in [7, 11) is 0. The molecule has 5 heteroatoms. The molecule has 0 bridgehead atoms. The van der Waals surface area contributed by atoms with Gasteiger partial charge in [-0.15, -0.1) is 0 Å². The Morgan fingerprint density at radius 3 is 2.93 bits per heavy atom. The van der Waals surface area contributed by atoms with Gasteiger partial charge in [-0.2, -0.15) is 0 Å². The average Bonchev–Trinajstić information content (AvgIpc) is 2.19. The molecular formula is C10H11ClFNO2. The van der Waals surface area contributed by atoms with Crippen LogP contribution in [0.4, 0.5) is 4.39 Å². The van der Waals surface area contributed by atoms with E-state index in [1.807, 2.05) is 0 Å². The van der Waals surface area contributed by atoms with Crippen LogP contribution >= 0.6 is 11.6 Å². The van der Waals surface area contributed by atoms with Crippen LogP contribution in [0.2, 0.25) is 5.02 Å². The topological polar surface area (TPSA) is 49.3 Å². The fourth-order valence-electron chi connectivity index (χ4n) is 1.04. The highest BCUT2D eigenvalue weighted by Crippen LogP contribution is 2.17. The summed E-state index contributed by atoms with van der Waals surface area (Å²) in [6.07, 6.45) is 0. The van der Waals surface area contributed by atoms with E-state index in [2.05, 4.69) is 5.32 Å². The maximum atomic E-state index is 13.3. The average molecular weight is 232 g/mol. The highest BCUT2D eigenvalue weighted by atomic mass is 35.5. The van der Waals surface area contributed by atoms with E-state index in [9.17, 15) is 9.18 Å². The third-order valence-electron chi connectivity index (χ3n) is 2.00. The molecule has 0 aliphatic rings. The normalized spacial score (nSPS) is 12.5. The van der Waals surface area contributed by atoms with Crippen LogP contribution in [0.15, 0.2) is 18.2 Å². The molecule has 2 N–H and O–H groups in total. The third-order valence-corrected chi connectivity index (χ3v) is 2.29. The van der Waals surface area contributed by atoms with Crippen LogP contribution < -0.4 is 5.32 Å². The predicted molar refractivity (Wildman–Crippen MR) is 55.3 cm³/mol. The van der Waals surface area contributed by atoms with E-state index in [1.54, 1.807) is 12.1 Å². The fourth-order valence-corrected chi connectivity index (χ4v) is 1.23. The number of carboxylic acids is 1. The standard InChI is InChI=1S/C10H11ClFNO2/c1-6(10(14)15)13-5-7-3-2-4-8(11)9(7)12/h2-4,6,13H,5H2,1H3,(H,14,15). The van der Waals surface area contributed by atoms with E-state index in [-0.39, 0.29) is 11.6 Å². The monoisotopic (exact) mass is 231 g/mol. The van der Waals surface area contributed by atoms with E-state index in [1.165, 1.54) is 13.0 Å². The number of rotatable bonds is 4. The lowest BCUT2D eigenvalue weighted by Gasteiger charge is -2.09. The molecule has 0 aromatic heterocycles. The Morgan fingerprint density at radius 1 is 1.67 bits per heavy atom. The summed E-state index contributed by atoms with van der Waals surface area (Å²) in [5.74, 6) is -1.48. The van der Waals surface area contributed by atoms with Crippen molar-refractivity contribution in [2.24, 2.45) is 0 Å². The second-order valence-electron chi connectivity index (χ2n) is 3.15. The van der Waals surface area contributed by atoms with Gasteiger partial charge in [0.1, 0.15) is 11.9 Å². The predicted octanol–water partition coefficient (Wildman–Crippen LogP) is 2.04. The molecule has 0 spiro atoms. The molecule has 82 valence electrons. The van der Waals surface area contributed by atoms with Gasteiger partial charge in [0.05, 0.1) is 5.02 Å². The Balaban J connectivity index is 2.66. The maximum Gasteiger partial charge on any atom is 0.320 e. The summed E-state index contributed by atoms with van der Waals surface area (Å²) in [6, 6.07) is 3.90. The van der Waals surface area contributed by atoms with Crippen molar-refractivity contribution in [2.45, 2.75) is 19.5 Å². The largest absolute Gasteiger partial charge is 0.480 e. The SMILES string of the molecule is CC(NCc1cccc(Cl)c1F)C(=O)O. The second kappa shape index (κ2) is 5.09. The number of hydrogen-bond donors (Lipinski definition) is 2. The summed E-state index contributed by atoms with van der Waals surface area (Å²) in [5, 5.41) is 11.3. The third kappa shape index (κ3) is 3.18. The van der Waals surface area contributed by atoms with Crippen molar-refractivity contribution < 1.29 is 14.3 Å². The van der Waals surface area contributed by atoms with Crippen LogP contribution in [0.3, 0.4) is 0 Å². The lowest BCUT2D eigenvalue weighted by atomic mass is 10.2. The number of hydrogen-bond acceptors (Lipinski definition) is 2. The first kappa shape index (κ1) is 11.9. The van der Waals surface area contributed by atoms with Crippen LogP contribution in [0.1, 0.15) is 12.5 Å². The van der Waals surface area contributed by atoms with Gasteiger partial charge < -0.3 is 10.4 Å². The minimum absolute atomic E-state index is 0.0391. The highest BCUT2D eigenvalue weighted by molar-refractivity contribution is 6.30. The number of carbonyl (C=O) groups is 1. The van der Waals surface area contributed by atoms with Gasteiger partial charge in [0.25, 0.3) is 0 Å². The van der Waals surface area contributed by atoms with E-state index in [4.69, 9.17) is 16.7 Å². The molecule has 0 fully saturated rings. The molecule has 0 radical (unpaired) electrons. The van der Waals surface area contributed by atoms with Crippen LogP contribution in [-0.4, -0.2) is 17.1 Å². The summed E-state index contributed by atoms with van der Waals surface area (Å²) in [5.41, 5.74) is 0.357. The highest BCUT2D eigenvalue weighted by Gasteiger charge is 2.11. The van der Waals surface area contributed by atoms with Crippen molar-refractivity contribution in [3.63, 3.8) is 0 Å². The molecule has 0 aliphatic heterocycles. The Morgan fingerprint density at radius 2 is 2.33 bits per heavy atom. The van der Waals surface area contributed by atoms with Crippen molar-refractivity contribution in [1.82, 2.24) is 5.32 Å². The molecule has 0 aliphatic carbocycles. The van der Waals surface area contributed by atoms with Crippen LogP contribution in [0.5, 0.6) is 0 Å². The van der Waals surface area contributed by atoms with Crippen molar-refractivity contribution in [3.05, 3.63) is 34.6 Å². The van der Waals surface area contributed by atoms with E-state index < -0.39 is 17.8 Å². The Bertz CT molecular complexity index is 370. The quantitative estimate of drug-likeness (QED) is 0.834. The number of benzene rings is 1. The molecule has 1 aromatic carbocycles. The first-order valence-electron chi connectivity index (χ1n) is 4.41. The Kier molecular flexibility index (Phi) is 4.05. The number of aliphatic carboxylic acids is 1. The first-order valence-corrected chi connectivity index (χ1v) is 4.79. The molecule has 0 amide bonds. The fraction of sp³-hybridized carbons (Fsp3) is 0.300. The zero-order chi connectivity index (χ0) is 11.4. The minimum Gasteiger partial charge on any atom is -0.480 e. The molecule has 15 heavy (non-hydrogen) atoms. The molecule has 0 heterocycles. The molecule has 1 aromatic rings. The molecular weight excluding hydrogens is 221 g/mol. The summed E-state index contributed by atoms with van der Waals surface area (Å²) in [6.45, 7) is 1.63. The molecule has 3 nitrogen and oxygen atoms in total. The molecule has 1 unspecified atom stereocenters. The minimum atomic E-state index is -0.975. The first-order chi connectivity index (χ1) is 7.02. The number of nitrogens with one attached hydrogen (secondary N) is 1. The van der Waals surface area contributed by atoms with E-state index in [0.29, 0.717) is 5.56 Å². The van der Waals surface area contributed by atoms with Gasteiger partial charge in [0, 0.05) is 12.1 Å². The molecule has 0 saturated heterocycles. The lowest BCUT2D eigenvalue weighted by molar-refractivity contribution is -0.139. The molecule has 0 saturated carbocycles. The Hall–Kier alpha value is -1.13. The molecule has 1 rings (SSSR count). The van der Waals surface area contributed by atoms with E-state index in [0.717, 1.165) is 0 Å². The van der Waals surface area contributed by atoms with Crippen molar-refractivity contribution in [1.29, 1.82) is 0 Å². The summed E-state index contributed by atoms with van der Waals surface area (Å²) >= 11 is 5.57. The smallest absolute Gasteiger partial charge is 0.320 e. The van der Waals surface area contributed by atoms with E-state index >= 15 is 0 Å². The summed E-state index contributed by atoms with van der Waals surface area (Å²) < 4.78 is 13.3. The van der Waals surface area contributed by atoms with Crippen molar-refractivity contribution in [3.8, 4) is 0 Å². The van der Waals surface area contributed by atoms with Gasteiger partial charge in [-0.25, -0.2) is 4.39 Å².